The second-order valence-corrected chi connectivity index (χ2v) is 7.93. The molecule has 1 saturated carbocycles. The monoisotopic (exact) mass is 416 g/mol. The van der Waals surface area contributed by atoms with Crippen LogP contribution in [0.3, 0.4) is 0 Å². The highest BCUT2D eigenvalue weighted by Gasteiger charge is 2.37. The first-order chi connectivity index (χ1) is 15.1. The Kier molecular flexibility index (Phi) is 6.21. The third kappa shape index (κ3) is 4.55. The number of esters is 1. The fraction of sp³-hybridized carbons (Fsp3) is 0.308. The van der Waals surface area contributed by atoms with Gasteiger partial charge in [0.25, 0.3) is 0 Å². The number of amides is 1. The normalized spacial score (nSPS) is 17.6. The summed E-state index contributed by atoms with van der Waals surface area (Å²) in [7, 11) is 0. The second-order valence-electron chi connectivity index (χ2n) is 7.93. The molecule has 0 aliphatic heterocycles. The van der Waals surface area contributed by atoms with Crippen molar-refractivity contribution in [1.29, 1.82) is 0 Å². The molecule has 0 unspecified atom stereocenters. The van der Waals surface area contributed by atoms with Crippen LogP contribution >= 0.6 is 0 Å². The zero-order valence-electron chi connectivity index (χ0n) is 18.0. The molecule has 1 amide bonds. The van der Waals surface area contributed by atoms with E-state index in [9.17, 15) is 9.59 Å². The van der Waals surface area contributed by atoms with Crippen LogP contribution in [0.1, 0.15) is 37.0 Å². The summed E-state index contributed by atoms with van der Waals surface area (Å²) in [4.78, 5) is 26.8. The van der Waals surface area contributed by atoms with Crippen molar-refractivity contribution in [2.24, 2.45) is 5.92 Å². The van der Waals surface area contributed by atoms with Crippen molar-refractivity contribution in [2.45, 2.75) is 32.7 Å². The fourth-order valence-electron chi connectivity index (χ4n) is 4.21. The van der Waals surface area contributed by atoms with Crippen LogP contribution in [0.25, 0.3) is 10.8 Å². The molecule has 0 heterocycles. The first kappa shape index (κ1) is 20.9. The van der Waals surface area contributed by atoms with Gasteiger partial charge in [0.2, 0.25) is 5.91 Å². The number of nitrogens with one attached hydrogen (secondary N) is 1. The van der Waals surface area contributed by atoms with Gasteiger partial charge in [0.15, 0.2) is 0 Å². The average molecular weight is 417 g/mol. The summed E-state index contributed by atoms with van der Waals surface area (Å²) in [6.45, 7) is 5.19. The first-order valence-electron chi connectivity index (χ1n) is 10.9. The van der Waals surface area contributed by atoms with Gasteiger partial charge in [-0.25, -0.2) is 4.79 Å². The van der Waals surface area contributed by atoms with E-state index in [1.54, 1.807) is 31.2 Å². The summed E-state index contributed by atoms with van der Waals surface area (Å²) in [5.74, 6) is -0.311. The Balaban J connectivity index is 1.35. The maximum Gasteiger partial charge on any atom is 0.338 e. The number of rotatable bonds is 7. The minimum absolute atomic E-state index is 0.00393. The molecule has 0 aromatic heterocycles. The highest BCUT2D eigenvalue weighted by atomic mass is 16.5. The molecule has 0 spiro atoms. The molecule has 0 radical (unpaired) electrons. The summed E-state index contributed by atoms with van der Waals surface area (Å²) in [6, 6.07) is 22.2. The van der Waals surface area contributed by atoms with Crippen molar-refractivity contribution in [3.05, 3.63) is 72.3 Å². The molecule has 4 rings (SSSR count). The van der Waals surface area contributed by atoms with E-state index in [0.29, 0.717) is 23.9 Å². The minimum Gasteiger partial charge on any atom is -0.462 e. The van der Waals surface area contributed by atoms with E-state index in [1.807, 2.05) is 0 Å². The van der Waals surface area contributed by atoms with Crippen molar-refractivity contribution < 1.29 is 14.3 Å². The van der Waals surface area contributed by atoms with Crippen LogP contribution in [0.5, 0.6) is 0 Å². The fourth-order valence-corrected chi connectivity index (χ4v) is 4.21. The third-order valence-electron chi connectivity index (χ3n) is 5.99. The number of hydrogen-bond donors (Lipinski definition) is 1. The molecule has 1 N–H and O–H groups in total. The quantitative estimate of drug-likeness (QED) is 0.534. The van der Waals surface area contributed by atoms with Gasteiger partial charge in [-0.05, 0) is 73.9 Å². The predicted molar refractivity (Wildman–Crippen MR) is 125 cm³/mol. The van der Waals surface area contributed by atoms with Crippen molar-refractivity contribution in [3.8, 4) is 0 Å². The van der Waals surface area contributed by atoms with Crippen LogP contribution in [0.2, 0.25) is 0 Å². The Morgan fingerprint density at radius 3 is 2.35 bits per heavy atom. The van der Waals surface area contributed by atoms with Crippen LogP contribution in [0, 0.1) is 5.92 Å². The van der Waals surface area contributed by atoms with Crippen molar-refractivity contribution in [1.82, 2.24) is 0 Å². The molecule has 31 heavy (non-hydrogen) atoms. The molecule has 1 aliphatic carbocycles. The van der Waals surface area contributed by atoms with Crippen LogP contribution in [-0.2, 0) is 9.53 Å². The number of carbonyl (C=O) groups excluding carboxylic acids is 2. The molecule has 0 atom stereocenters. The third-order valence-corrected chi connectivity index (χ3v) is 5.99. The number of anilines is 2. The molecule has 160 valence electrons. The summed E-state index contributed by atoms with van der Waals surface area (Å²) in [6.07, 6.45) is 1.68. The summed E-state index contributed by atoms with van der Waals surface area (Å²) in [5.41, 5.74) is 2.39. The largest absolute Gasteiger partial charge is 0.462 e. The van der Waals surface area contributed by atoms with Gasteiger partial charge < -0.3 is 15.0 Å². The first-order valence-corrected chi connectivity index (χ1v) is 10.9. The van der Waals surface area contributed by atoms with Gasteiger partial charge in [-0.15, -0.1) is 0 Å². The number of ether oxygens (including phenoxy) is 1. The van der Waals surface area contributed by atoms with Crippen LogP contribution in [-0.4, -0.2) is 31.1 Å². The molecule has 3 aromatic rings. The van der Waals surface area contributed by atoms with Gasteiger partial charge in [-0.3, -0.25) is 4.79 Å². The van der Waals surface area contributed by atoms with Gasteiger partial charge in [-0.1, -0.05) is 30.3 Å². The summed E-state index contributed by atoms with van der Waals surface area (Å²) in [5, 5.41) is 5.45. The molecule has 0 bridgehead atoms. The molecule has 1 aliphatic rings. The molecule has 1 fully saturated rings. The molecule has 0 saturated heterocycles. The SMILES string of the molecule is CCOC(=O)c1ccc(NC(=O)C2CC(N(CC)c3ccc4ccccc4c3)C2)cc1. The Morgan fingerprint density at radius 1 is 0.968 bits per heavy atom. The van der Waals surface area contributed by atoms with Crippen LogP contribution < -0.4 is 10.2 Å². The number of hydrogen-bond acceptors (Lipinski definition) is 4. The Labute approximate surface area is 183 Å². The molecule has 5 heteroatoms. The highest BCUT2D eigenvalue weighted by molar-refractivity contribution is 5.95. The second kappa shape index (κ2) is 9.21. The lowest BCUT2D eigenvalue weighted by atomic mass is 9.78. The van der Waals surface area contributed by atoms with Gasteiger partial charge >= 0.3 is 5.97 Å². The number of carbonyl (C=O) groups is 2. The van der Waals surface area contributed by atoms with Crippen molar-refractivity contribution in [2.75, 3.05) is 23.4 Å². The molecular weight excluding hydrogens is 388 g/mol. The maximum atomic E-state index is 12.7. The smallest absolute Gasteiger partial charge is 0.338 e. The summed E-state index contributed by atoms with van der Waals surface area (Å²) >= 11 is 0. The highest BCUT2D eigenvalue weighted by Crippen LogP contribution is 2.36. The topological polar surface area (TPSA) is 58.6 Å². The average Bonchev–Trinajstić information content (AvgIpc) is 2.76. The van der Waals surface area contributed by atoms with E-state index < -0.39 is 0 Å². The Morgan fingerprint density at radius 2 is 1.68 bits per heavy atom. The van der Waals surface area contributed by atoms with Gasteiger partial charge in [-0.2, -0.15) is 0 Å². The van der Waals surface area contributed by atoms with E-state index in [1.165, 1.54) is 16.5 Å². The lowest BCUT2D eigenvalue weighted by Gasteiger charge is -2.43. The zero-order chi connectivity index (χ0) is 21.8. The standard InChI is InChI=1S/C26H28N2O3/c1-3-28(23-14-11-18-7-5-6-8-20(18)15-23)24-16-21(17-24)25(29)27-22-12-9-19(10-13-22)26(30)31-4-2/h5-15,21,24H,3-4,16-17H2,1-2H3,(H,27,29). The predicted octanol–water partition coefficient (Wildman–Crippen LogP) is 5.26. The zero-order valence-corrected chi connectivity index (χ0v) is 18.0. The number of fused-ring (bicyclic) bond motifs is 1. The van der Waals surface area contributed by atoms with Crippen LogP contribution in [0.4, 0.5) is 11.4 Å². The molecule has 5 nitrogen and oxygen atoms in total. The number of nitrogens with zero attached hydrogens (tertiary/aromatic N) is 1. The maximum absolute atomic E-state index is 12.7. The van der Waals surface area contributed by atoms with E-state index in [4.69, 9.17) is 4.74 Å². The molecule has 3 aromatic carbocycles. The molecular formula is C26H28N2O3. The van der Waals surface area contributed by atoms with Gasteiger partial charge in [0.05, 0.1) is 12.2 Å². The van der Waals surface area contributed by atoms with E-state index in [0.717, 1.165) is 19.4 Å². The van der Waals surface area contributed by atoms with E-state index in [2.05, 4.69) is 59.6 Å². The minimum atomic E-state index is -0.351. The lowest BCUT2D eigenvalue weighted by molar-refractivity contribution is -0.122. The summed E-state index contributed by atoms with van der Waals surface area (Å²) < 4.78 is 4.99. The number of benzene rings is 3. The van der Waals surface area contributed by atoms with E-state index >= 15 is 0 Å². The van der Waals surface area contributed by atoms with Gasteiger partial charge in [0, 0.05) is 29.9 Å². The van der Waals surface area contributed by atoms with Gasteiger partial charge in [0.1, 0.15) is 0 Å². The van der Waals surface area contributed by atoms with E-state index in [-0.39, 0.29) is 17.8 Å². The lowest BCUT2D eigenvalue weighted by Crippen LogP contribution is -2.48. The van der Waals surface area contributed by atoms with Crippen molar-refractivity contribution in [3.63, 3.8) is 0 Å². The Hall–Kier alpha value is -3.34. The van der Waals surface area contributed by atoms with Crippen LogP contribution in [0.15, 0.2) is 66.7 Å². The Bertz CT molecular complexity index is 1070. The van der Waals surface area contributed by atoms with Crippen molar-refractivity contribution >= 4 is 34.0 Å².